The number of nitrogens with zero attached hydrogens (tertiary/aromatic N) is 3. The Morgan fingerprint density at radius 3 is 2.90 bits per heavy atom. The van der Waals surface area contributed by atoms with Gasteiger partial charge in [0.05, 0.1) is 0 Å². The molecule has 146 valence electrons. The number of carbonyl (C=O) groups excluding carboxylic acids is 2. The highest BCUT2D eigenvalue weighted by Gasteiger charge is 2.52. The predicted octanol–water partition coefficient (Wildman–Crippen LogP) is 2.54. The van der Waals surface area contributed by atoms with Crippen LogP contribution in [0.3, 0.4) is 0 Å². The minimum Gasteiger partial charge on any atom is -0.360 e. The predicted molar refractivity (Wildman–Crippen MR) is 106 cm³/mol. The first kappa shape index (κ1) is 17.6. The van der Waals surface area contributed by atoms with E-state index < -0.39 is 11.9 Å². The van der Waals surface area contributed by atoms with Crippen molar-refractivity contribution in [3.63, 3.8) is 0 Å². The van der Waals surface area contributed by atoms with E-state index in [0.717, 1.165) is 17.5 Å². The van der Waals surface area contributed by atoms with Gasteiger partial charge in [-0.05, 0) is 35.4 Å². The number of hydrogen-bond donors (Lipinski definition) is 1. The summed E-state index contributed by atoms with van der Waals surface area (Å²) in [5, 5.41) is 6.78. The number of carbonyl (C=O) groups is 2. The van der Waals surface area contributed by atoms with Crippen LogP contribution in [0, 0.1) is 5.92 Å². The second-order valence-electron chi connectivity index (χ2n) is 7.61. The van der Waals surface area contributed by atoms with Gasteiger partial charge in [0.25, 0.3) is 11.8 Å². The van der Waals surface area contributed by atoms with Crippen LogP contribution in [0.1, 0.15) is 39.7 Å². The maximum Gasteiger partial charge on any atom is 0.274 e. The first-order valence-corrected chi connectivity index (χ1v) is 9.64. The van der Waals surface area contributed by atoms with Crippen molar-refractivity contribution in [1.82, 2.24) is 15.5 Å². The lowest BCUT2D eigenvalue weighted by atomic mass is 10.1. The van der Waals surface area contributed by atoms with Gasteiger partial charge in [0, 0.05) is 25.7 Å². The van der Waals surface area contributed by atoms with E-state index in [0.29, 0.717) is 18.0 Å². The van der Waals surface area contributed by atoms with Gasteiger partial charge < -0.3 is 9.84 Å². The van der Waals surface area contributed by atoms with E-state index in [1.807, 2.05) is 42.5 Å². The topological polar surface area (TPSA) is 88.3 Å². The molecule has 2 aromatic heterocycles. The van der Waals surface area contributed by atoms with E-state index in [4.69, 9.17) is 4.52 Å². The number of likely N-dealkylation sites (N-methyl/N-ethyl adjacent to an activating group) is 1. The van der Waals surface area contributed by atoms with E-state index in [1.54, 1.807) is 19.3 Å². The van der Waals surface area contributed by atoms with Gasteiger partial charge in [-0.1, -0.05) is 41.6 Å². The highest BCUT2D eigenvalue weighted by Crippen LogP contribution is 2.53. The number of hydrogen-bond acceptors (Lipinski definition) is 5. The standard InChI is InChI=1S/C22H20N4O3/c1-26-20-15(8-5-9-23-20)16-12-17(16)19(22(26)28)24-21(27)18-11-14(29-25-18)10-13-6-3-2-4-7-13/h2-9,11,16-17,19H,10,12H2,1H3,(H,24,27)/t16?,17-,19?/m0/s1. The number of fused-ring (bicyclic) bond motifs is 3. The minimum atomic E-state index is -0.596. The van der Waals surface area contributed by atoms with Gasteiger partial charge in [-0.3, -0.25) is 14.5 Å². The van der Waals surface area contributed by atoms with Crippen LogP contribution < -0.4 is 10.2 Å². The molecule has 29 heavy (non-hydrogen) atoms. The van der Waals surface area contributed by atoms with Crippen LogP contribution in [-0.2, 0) is 11.2 Å². The molecule has 0 saturated heterocycles. The second kappa shape index (κ2) is 6.84. The smallest absolute Gasteiger partial charge is 0.274 e. The molecule has 1 aliphatic carbocycles. The van der Waals surface area contributed by atoms with Crippen molar-refractivity contribution in [1.29, 1.82) is 0 Å². The van der Waals surface area contributed by atoms with Crippen molar-refractivity contribution in [3.05, 3.63) is 77.3 Å². The van der Waals surface area contributed by atoms with E-state index in [9.17, 15) is 9.59 Å². The van der Waals surface area contributed by atoms with Crippen LogP contribution in [-0.4, -0.2) is 35.0 Å². The molecule has 7 heteroatoms. The molecule has 3 atom stereocenters. The third-order valence-electron chi connectivity index (χ3n) is 5.70. The zero-order valence-corrected chi connectivity index (χ0v) is 15.9. The van der Waals surface area contributed by atoms with Gasteiger partial charge >= 0.3 is 0 Å². The quantitative estimate of drug-likeness (QED) is 0.742. The molecule has 1 fully saturated rings. The molecular weight excluding hydrogens is 368 g/mol. The van der Waals surface area contributed by atoms with E-state index in [-0.39, 0.29) is 23.4 Å². The molecule has 3 heterocycles. The van der Waals surface area contributed by atoms with Gasteiger partial charge in [0.2, 0.25) is 0 Å². The normalized spacial score (nSPS) is 22.4. The average Bonchev–Trinajstić information content (AvgIpc) is 3.41. The zero-order chi connectivity index (χ0) is 20.0. The van der Waals surface area contributed by atoms with Crippen LogP contribution in [0.25, 0.3) is 0 Å². The molecule has 3 aromatic rings. The van der Waals surface area contributed by atoms with Crippen molar-refractivity contribution in [2.45, 2.75) is 24.8 Å². The van der Waals surface area contributed by atoms with Gasteiger partial charge in [-0.25, -0.2) is 4.98 Å². The lowest BCUT2D eigenvalue weighted by Gasteiger charge is -2.22. The molecule has 0 radical (unpaired) electrons. The number of anilines is 1. The molecule has 1 aromatic carbocycles. The van der Waals surface area contributed by atoms with Crippen molar-refractivity contribution in [3.8, 4) is 0 Å². The van der Waals surface area contributed by atoms with E-state index in [1.165, 1.54) is 4.90 Å². The number of aromatic nitrogens is 2. The zero-order valence-electron chi connectivity index (χ0n) is 15.9. The number of pyridine rings is 1. The molecule has 1 saturated carbocycles. The number of rotatable bonds is 4. The fraction of sp³-hybridized carbons (Fsp3) is 0.273. The highest BCUT2D eigenvalue weighted by atomic mass is 16.5. The Labute approximate surface area is 167 Å². The van der Waals surface area contributed by atoms with Crippen LogP contribution in [0.4, 0.5) is 5.82 Å². The van der Waals surface area contributed by atoms with Crippen molar-refractivity contribution in [2.24, 2.45) is 5.92 Å². The number of nitrogens with one attached hydrogen (secondary N) is 1. The summed E-state index contributed by atoms with van der Waals surface area (Å²) < 4.78 is 5.32. The Hall–Kier alpha value is -3.48. The fourth-order valence-corrected chi connectivity index (χ4v) is 4.10. The summed E-state index contributed by atoms with van der Waals surface area (Å²) in [4.78, 5) is 31.7. The van der Waals surface area contributed by atoms with Gasteiger partial charge in [0.1, 0.15) is 17.6 Å². The van der Waals surface area contributed by atoms with Gasteiger partial charge in [-0.2, -0.15) is 0 Å². The molecule has 1 aliphatic heterocycles. The van der Waals surface area contributed by atoms with Gasteiger partial charge in [0.15, 0.2) is 5.69 Å². The first-order valence-electron chi connectivity index (χ1n) is 9.64. The van der Waals surface area contributed by atoms with Crippen molar-refractivity contribution < 1.29 is 14.1 Å². The molecule has 7 nitrogen and oxygen atoms in total. The number of amides is 2. The Balaban J connectivity index is 1.32. The van der Waals surface area contributed by atoms with Crippen molar-refractivity contribution >= 4 is 17.6 Å². The summed E-state index contributed by atoms with van der Waals surface area (Å²) in [7, 11) is 1.70. The number of benzene rings is 1. The molecule has 5 rings (SSSR count). The third kappa shape index (κ3) is 3.18. The van der Waals surface area contributed by atoms with Crippen LogP contribution in [0.5, 0.6) is 0 Å². The Kier molecular flexibility index (Phi) is 4.16. The lowest BCUT2D eigenvalue weighted by Crippen LogP contribution is -2.48. The third-order valence-corrected chi connectivity index (χ3v) is 5.70. The summed E-state index contributed by atoms with van der Waals surface area (Å²) in [6.45, 7) is 0. The molecule has 2 unspecified atom stereocenters. The largest absolute Gasteiger partial charge is 0.360 e. The highest BCUT2D eigenvalue weighted by molar-refractivity contribution is 6.02. The maximum atomic E-state index is 13.0. The molecule has 2 amide bonds. The lowest BCUT2D eigenvalue weighted by molar-refractivity contribution is -0.120. The van der Waals surface area contributed by atoms with E-state index in [2.05, 4.69) is 15.5 Å². The maximum absolute atomic E-state index is 13.0. The summed E-state index contributed by atoms with van der Waals surface area (Å²) in [6, 6.07) is 14.8. The Morgan fingerprint density at radius 1 is 1.24 bits per heavy atom. The fourth-order valence-electron chi connectivity index (χ4n) is 4.10. The summed E-state index contributed by atoms with van der Waals surface area (Å²) in [5.74, 6) is 1.04. The Bertz CT molecular complexity index is 1080. The van der Waals surface area contributed by atoms with Crippen LogP contribution >= 0.6 is 0 Å². The average molecular weight is 388 g/mol. The minimum absolute atomic E-state index is 0.0787. The summed E-state index contributed by atoms with van der Waals surface area (Å²) in [6.07, 6.45) is 3.10. The van der Waals surface area contributed by atoms with Gasteiger partial charge in [-0.15, -0.1) is 0 Å². The van der Waals surface area contributed by atoms with Crippen LogP contribution in [0.2, 0.25) is 0 Å². The first-order chi connectivity index (χ1) is 14.1. The molecule has 2 aliphatic rings. The summed E-state index contributed by atoms with van der Waals surface area (Å²) in [5.41, 5.74) is 2.32. The monoisotopic (exact) mass is 388 g/mol. The molecule has 1 N–H and O–H groups in total. The summed E-state index contributed by atoms with van der Waals surface area (Å²) >= 11 is 0. The van der Waals surface area contributed by atoms with Crippen LogP contribution in [0.15, 0.2) is 59.3 Å². The van der Waals surface area contributed by atoms with E-state index >= 15 is 0 Å². The van der Waals surface area contributed by atoms with Crippen molar-refractivity contribution in [2.75, 3.05) is 11.9 Å². The molecule has 0 bridgehead atoms. The SMILES string of the molecule is CN1C(=O)C(NC(=O)c2cc(Cc3ccccc3)on2)[C@H]2CC2c2cccnc21. The molecular formula is C22H20N4O3. The second-order valence-corrected chi connectivity index (χ2v) is 7.61. The Morgan fingerprint density at radius 2 is 2.07 bits per heavy atom. The molecule has 0 spiro atoms.